The molecule has 0 radical (unpaired) electrons. The van der Waals surface area contributed by atoms with Gasteiger partial charge in [-0.1, -0.05) is 42.4 Å². The lowest BCUT2D eigenvalue weighted by atomic mass is 9.86. The molecule has 4 aromatic heterocycles. The van der Waals surface area contributed by atoms with Gasteiger partial charge in [0.25, 0.3) is 17.2 Å². The number of rotatable bonds is 2. The van der Waals surface area contributed by atoms with Crippen LogP contribution in [0.5, 0.6) is 0 Å². The molecule has 4 heterocycles. The van der Waals surface area contributed by atoms with Crippen molar-refractivity contribution in [1.29, 1.82) is 10.5 Å². The summed E-state index contributed by atoms with van der Waals surface area (Å²) < 4.78 is 83.1. The number of nitriles is 2. The minimum atomic E-state index is -4.70. The van der Waals surface area contributed by atoms with E-state index in [0.29, 0.717) is 0 Å². The summed E-state index contributed by atoms with van der Waals surface area (Å²) in [4.78, 5) is 44.0. The van der Waals surface area contributed by atoms with E-state index in [2.05, 4.69) is 19.7 Å². The molecule has 0 fully saturated rings. The maximum Gasteiger partial charge on any atom is 0.416 e. The number of aromatic nitrogens is 4. The largest absolute Gasteiger partial charge is 0.416 e. The smallest absolute Gasteiger partial charge is 0.372 e. The molecule has 0 N–H and O–H groups in total. The molecule has 0 bridgehead atoms. The van der Waals surface area contributed by atoms with E-state index in [-0.39, 0.29) is 65.9 Å². The molecule has 0 saturated carbocycles. The number of imidazole rings is 2. The molecular weight excluding hydrogens is 690 g/mol. The fraction of sp³-hybridized carbons (Fsp3) is 0.0556. The van der Waals surface area contributed by atoms with Crippen LogP contribution in [0.4, 0.5) is 38.0 Å². The zero-order chi connectivity index (χ0) is 37.0. The van der Waals surface area contributed by atoms with Gasteiger partial charge < -0.3 is 9.69 Å². The number of fused-ring (bicyclic) bond motifs is 4. The first-order valence-corrected chi connectivity index (χ1v) is 14.7. The molecule has 0 aliphatic heterocycles. The van der Waals surface area contributed by atoms with Crippen LogP contribution in [-0.2, 0) is 12.4 Å². The summed E-state index contributed by atoms with van der Waals surface area (Å²) in [5.74, 6) is -0.923. The molecule has 0 amide bonds. The molecule has 0 aliphatic carbocycles. The van der Waals surface area contributed by atoms with Gasteiger partial charge in [0.1, 0.15) is 12.1 Å². The Morgan fingerprint density at radius 2 is 1.10 bits per heavy atom. The normalized spacial score (nSPS) is 12.1. The lowest BCUT2D eigenvalue weighted by Crippen LogP contribution is -2.18. The number of halogens is 6. The molecule has 0 atom stereocenters. The summed E-state index contributed by atoms with van der Waals surface area (Å²) >= 11 is 0. The fourth-order valence-corrected chi connectivity index (χ4v) is 6.71. The molecule has 10 nitrogen and oxygen atoms in total. The lowest BCUT2D eigenvalue weighted by molar-refractivity contribution is -0.138. The second-order valence-corrected chi connectivity index (χ2v) is 11.5. The molecule has 52 heavy (non-hydrogen) atoms. The molecule has 8 aromatic rings. The van der Waals surface area contributed by atoms with Crippen LogP contribution in [0.15, 0.2) is 70.3 Å². The number of hydrogen-bond acceptors (Lipinski definition) is 6. The van der Waals surface area contributed by atoms with Gasteiger partial charge in [0.15, 0.2) is 17.0 Å². The predicted octanol–water partition coefficient (Wildman–Crippen LogP) is 8.25. The zero-order valence-electron chi connectivity index (χ0n) is 25.4. The van der Waals surface area contributed by atoms with Crippen molar-refractivity contribution >= 4 is 55.2 Å². The van der Waals surface area contributed by atoms with Crippen LogP contribution in [-0.4, -0.2) is 18.8 Å². The van der Waals surface area contributed by atoms with Gasteiger partial charge in [0.05, 0.1) is 21.9 Å². The summed E-state index contributed by atoms with van der Waals surface area (Å²) in [6.45, 7) is 15.4. The van der Waals surface area contributed by atoms with Crippen molar-refractivity contribution in [3.63, 3.8) is 0 Å². The molecule has 0 unspecified atom stereocenters. The van der Waals surface area contributed by atoms with Crippen molar-refractivity contribution in [1.82, 2.24) is 18.8 Å². The van der Waals surface area contributed by atoms with Crippen LogP contribution in [0.2, 0.25) is 0 Å². The van der Waals surface area contributed by atoms with Gasteiger partial charge in [-0.05, 0) is 58.7 Å². The quantitative estimate of drug-likeness (QED) is 0.102. The molecule has 4 aromatic carbocycles. The summed E-state index contributed by atoms with van der Waals surface area (Å²) in [5.41, 5.74) is -4.76. The highest BCUT2D eigenvalue weighted by Crippen LogP contribution is 2.47. The third-order valence-electron chi connectivity index (χ3n) is 8.90. The highest BCUT2D eigenvalue weighted by molar-refractivity contribution is 6.33. The van der Waals surface area contributed by atoms with Crippen LogP contribution < -0.4 is 11.1 Å². The Labute approximate surface area is 284 Å². The number of pyridine rings is 2. The van der Waals surface area contributed by atoms with Crippen molar-refractivity contribution in [3.05, 3.63) is 127 Å². The van der Waals surface area contributed by atoms with Gasteiger partial charge in [-0.2, -0.15) is 41.3 Å². The topological polar surface area (TPSA) is 125 Å². The minimum absolute atomic E-state index is 0.0193. The predicted molar refractivity (Wildman–Crippen MR) is 174 cm³/mol. The van der Waals surface area contributed by atoms with Crippen LogP contribution in [0.25, 0.3) is 75.6 Å². The van der Waals surface area contributed by atoms with E-state index in [1.54, 1.807) is 12.1 Å². The number of benzene rings is 4. The first-order chi connectivity index (χ1) is 24.7. The van der Waals surface area contributed by atoms with E-state index in [9.17, 15) is 46.5 Å². The van der Waals surface area contributed by atoms with Gasteiger partial charge in [0, 0.05) is 21.5 Å². The molecule has 0 saturated heterocycles. The van der Waals surface area contributed by atoms with Gasteiger partial charge in [-0.15, -0.1) is 0 Å². The maximum atomic E-state index is 14.4. The molecule has 0 aliphatic rings. The van der Waals surface area contributed by atoms with E-state index in [4.69, 9.17) is 13.1 Å². The van der Waals surface area contributed by atoms with Gasteiger partial charge in [-0.3, -0.25) is 4.79 Å². The third kappa shape index (κ3) is 4.16. The van der Waals surface area contributed by atoms with Crippen LogP contribution in [0, 0.1) is 35.8 Å². The first-order valence-electron chi connectivity index (χ1n) is 14.7. The van der Waals surface area contributed by atoms with Crippen LogP contribution in [0.3, 0.4) is 0 Å². The number of hydrogen-bond donors (Lipinski definition) is 0. The van der Waals surface area contributed by atoms with E-state index in [0.717, 1.165) is 57.3 Å². The fourth-order valence-electron chi connectivity index (χ4n) is 6.71. The van der Waals surface area contributed by atoms with Crippen LogP contribution in [0.1, 0.15) is 22.5 Å². The lowest BCUT2D eigenvalue weighted by Gasteiger charge is -2.18. The Hall–Kier alpha value is -7.56. The number of alkyl halides is 6. The average molecular weight is 701 g/mol. The molecule has 16 heteroatoms. The highest BCUT2D eigenvalue weighted by atomic mass is 19.4. The third-order valence-corrected chi connectivity index (χ3v) is 8.90. The summed E-state index contributed by atoms with van der Waals surface area (Å²) in [6.07, 6.45) is -9.40. The number of nitrogens with zero attached hydrogens (tertiary/aromatic N) is 8. The maximum absolute atomic E-state index is 14.4. The van der Waals surface area contributed by atoms with Crippen molar-refractivity contribution in [2.45, 2.75) is 12.4 Å². The Kier molecular flexibility index (Phi) is 6.38. The standard InChI is InChI=1S/C36H10F6N8O2/c1-45-29-32(46-2)50-31(48-29)28-20(16-5-9-18(10-6-16)36(40,41)42)11-21-25-26(28)22(34(50)52)12-19(15-3-7-17(8-4-15)35(37,38)39)27(25)30-47-23(13-43)24(14-44)49(30)33(21)51/h3-12H. The van der Waals surface area contributed by atoms with Crippen molar-refractivity contribution < 1.29 is 26.3 Å². The van der Waals surface area contributed by atoms with Crippen molar-refractivity contribution in [2.75, 3.05) is 0 Å². The van der Waals surface area contributed by atoms with E-state index < -0.39 is 57.6 Å². The van der Waals surface area contributed by atoms with Gasteiger partial charge in [0.2, 0.25) is 0 Å². The Morgan fingerprint density at radius 3 is 1.50 bits per heavy atom. The van der Waals surface area contributed by atoms with Gasteiger partial charge >= 0.3 is 23.6 Å². The summed E-state index contributed by atoms with van der Waals surface area (Å²) in [6, 6.07) is 13.9. The van der Waals surface area contributed by atoms with E-state index in [1.807, 2.05) is 0 Å². The Bertz CT molecular complexity index is 2960. The monoisotopic (exact) mass is 700 g/mol. The average Bonchev–Trinajstić information content (AvgIpc) is 3.70. The van der Waals surface area contributed by atoms with E-state index >= 15 is 0 Å². The Balaban J connectivity index is 1.69. The SMILES string of the molecule is [C-]#[N+]c1nc2c3c(-c4ccc(C(F)(F)F)cc4)cc4c(=O)n5c(C#N)c(C#N)nc5c5c(-c6ccc(C(F)(F)F)cc6)cc(c(=O)n2c1[N+]#[C-])c3c45. The molecule has 0 spiro atoms. The minimum Gasteiger partial charge on any atom is -0.372 e. The van der Waals surface area contributed by atoms with Crippen LogP contribution >= 0.6 is 0 Å². The second kappa shape index (κ2) is 10.5. The van der Waals surface area contributed by atoms with E-state index in [1.165, 1.54) is 12.1 Å². The molecule has 8 rings (SSSR count). The van der Waals surface area contributed by atoms with Gasteiger partial charge in [-0.25, -0.2) is 14.2 Å². The Morgan fingerprint density at radius 1 is 0.635 bits per heavy atom. The summed E-state index contributed by atoms with van der Waals surface area (Å²) in [5, 5.41) is 19.6. The zero-order valence-corrected chi connectivity index (χ0v) is 25.4. The highest BCUT2D eigenvalue weighted by Gasteiger charge is 2.34. The first kappa shape index (κ1) is 31.7. The second-order valence-electron chi connectivity index (χ2n) is 11.5. The van der Waals surface area contributed by atoms with Crippen molar-refractivity contribution in [3.8, 4) is 34.4 Å². The molecule has 248 valence electrons. The van der Waals surface area contributed by atoms with Crippen molar-refractivity contribution in [2.24, 2.45) is 0 Å². The summed E-state index contributed by atoms with van der Waals surface area (Å²) in [7, 11) is 0. The molecular formula is C36H10F6N8O2.